The van der Waals surface area contributed by atoms with Gasteiger partial charge in [0.15, 0.2) is 4.80 Å². The Balaban J connectivity index is 1.65. The standard InChI is InChI=1S/C28H29N3O5S2/c1-5-36-25(32)18-31-24-16-19(2)15-20(3)26(24)37-28(31)29-27(33)22-11-13-23(14-12-22)38(34,35)30(4)17-21-9-7-6-8-10-21/h6-16H,5,17-18H2,1-4H3. The van der Waals surface area contributed by atoms with E-state index < -0.39 is 21.9 Å². The molecule has 3 aromatic carbocycles. The lowest BCUT2D eigenvalue weighted by Crippen LogP contribution is -2.26. The molecule has 0 bridgehead atoms. The SMILES string of the molecule is CCOC(=O)Cn1c(=NC(=O)c2ccc(S(=O)(=O)N(C)Cc3ccccc3)cc2)sc2c(C)cc(C)cc21. The smallest absolute Gasteiger partial charge is 0.326 e. The van der Waals surface area contributed by atoms with E-state index in [-0.39, 0.29) is 30.2 Å². The second kappa shape index (κ2) is 11.4. The third-order valence-corrected chi connectivity index (χ3v) is 9.01. The van der Waals surface area contributed by atoms with Gasteiger partial charge >= 0.3 is 5.97 Å². The number of fused-ring (bicyclic) bond motifs is 1. The Bertz CT molecular complexity index is 1650. The third-order valence-electron chi connectivity index (χ3n) is 5.96. The summed E-state index contributed by atoms with van der Waals surface area (Å²) >= 11 is 1.32. The van der Waals surface area contributed by atoms with Crippen molar-refractivity contribution in [3.05, 3.63) is 93.8 Å². The summed E-state index contributed by atoms with van der Waals surface area (Å²) < 4.78 is 35.1. The lowest BCUT2D eigenvalue weighted by molar-refractivity contribution is -0.143. The van der Waals surface area contributed by atoms with Crippen LogP contribution in [0.15, 0.2) is 76.6 Å². The highest BCUT2D eigenvalue weighted by molar-refractivity contribution is 7.89. The molecule has 0 atom stereocenters. The normalized spacial score (nSPS) is 12.3. The van der Waals surface area contributed by atoms with Crippen LogP contribution < -0.4 is 4.80 Å². The van der Waals surface area contributed by atoms with Crippen LogP contribution in [-0.2, 0) is 32.6 Å². The summed E-state index contributed by atoms with van der Waals surface area (Å²) in [6.45, 7) is 6.08. The number of sulfonamides is 1. The summed E-state index contributed by atoms with van der Waals surface area (Å²) in [6.07, 6.45) is 0. The van der Waals surface area contributed by atoms with Crippen LogP contribution in [0.2, 0.25) is 0 Å². The van der Waals surface area contributed by atoms with Crippen LogP contribution in [0.3, 0.4) is 0 Å². The molecule has 0 saturated carbocycles. The Labute approximate surface area is 225 Å². The minimum Gasteiger partial charge on any atom is -0.465 e. The van der Waals surface area contributed by atoms with Gasteiger partial charge in [-0.25, -0.2) is 8.42 Å². The second-order valence-electron chi connectivity index (χ2n) is 8.89. The number of carbonyl (C=O) groups excluding carboxylic acids is 2. The van der Waals surface area contributed by atoms with Gasteiger partial charge in [-0.15, -0.1) is 0 Å². The predicted molar refractivity (Wildman–Crippen MR) is 147 cm³/mol. The first-order valence-electron chi connectivity index (χ1n) is 12.1. The third kappa shape index (κ3) is 5.93. The van der Waals surface area contributed by atoms with Gasteiger partial charge in [0.2, 0.25) is 10.0 Å². The summed E-state index contributed by atoms with van der Waals surface area (Å²) in [5, 5.41) is 0. The van der Waals surface area contributed by atoms with Crippen LogP contribution in [0.5, 0.6) is 0 Å². The van der Waals surface area contributed by atoms with Crippen molar-refractivity contribution in [2.24, 2.45) is 4.99 Å². The summed E-state index contributed by atoms with van der Waals surface area (Å²) in [5.41, 5.74) is 3.95. The summed E-state index contributed by atoms with van der Waals surface area (Å²) in [4.78, 5) is 30.2. The zero-order chi connectivity index (χ0) is 27.4. The van der Waals surface area contributed by atoms with Gasteiger partial charge in [-0.1, -0.05) is 47.7 Å². The molecule has 0 aliphatic heterocycles. The van der Waals surface area contributed by atoms with Gasteiger partial charge in [-0.2, -0.15) is 9.30 Å². The van der Waals surface area contributed by atoms with Crippen molar-refractivity contribution in [2.45, 2.75) is 38.8 Å². The van der Waals surface area contributed by atoms with Crippen LogP contribution in [0.1, 0.15) is 34.0 Å². The molecular weight excluding hydrogens is 522 g/mol. The molecule has 0 unspecified atom stereocenters. The largest absolute Gasteiger partial charge is 0.465 e. The number of hydrogen-bond donors (Lipinski definition) is 0. The number of amides is 1. The Hall–Kier alpha value is -3.60. The zero-order valence-electron chi connectivity index (χ0n) is 21.7. The van der Waals surface area contributed by atoms with Crippen LogP contribution >= 0.6 is 11.3 Å². The van der Waals surface area contributed by atoms with Crippen molar-refractivity contribution in [1.29, 1.82) is 0 Å². The first kappa shape index (κ1) is 27.4. The fourth-order valence-electron chi connectivity index (χ4n) is 4.11. The molecule has 0 aliphatic carbocycles. The molecule has 4 aromatic rings. The Morgan fingerprint density at radius 1 is 1.03 bits per heavy atom. The minimum atomic E-state index is -3.75. The maximum absolute atomic E-state index is 13.1. The van der Waals surface area contributed by atoms with E-state index in [2.05, 4.69) is 4.99 Å². The van der Waals surface area contributed by atoms with E-state index >= 15 is 0 Å². The maximum Gasteiger partial charge on any atom is 0.326 e. The van der Waals surface area contributed by atoms with E-state index in [1.807, 2.05) is 56.3 Å². The highest BCUT2D eigenvalue weighted by Crippen LogP contribution is 2.24. The molecule has 8 nitrogen and oxygen atoms in total. The molecule has 0 aliphatic rings. The Kier molecular flexibility index (Phi) is 8.25. The number of rotatable bonds is 8. The summed E-state index contributed by atoms with van der Waals surface area (Å²) in [6, 6.07) is 19.0. The van der Waals surface area contributed by atoms with E-state index in [1.165, 1.54) is 47.0 Å². The van der Waals surface area contributed by atoms with Crippen LogP contribution in [0.4, 0.5) is 0 Å². The van der Waals surface area contributed by atoms with Crippen molar-refractivity contribution in [2.75, 3.05) is 13.7 Å². The molecule has 1 aromatic heterocycles. The van der Waals surface area contributed by atoms with Crippen LogP contribution in [0.25, 0.3) is 10.2 Å². The highest BCUT2D eigenvalue weighted by Gasteiger charge is 2.21. The van der Waals surface area contributed by atoms with E-state index in [0.717, 1.165) is 26.9 Å². The molecule has 0 spiro atoms. The first-order chi connectivity index (χ1) is 18.1. The van der Waals surface area contributed by atoms with Crippen LogP contribution in [0, 0.1) is 13.8 Å². The van der Waals surface area contributed by atoms with Gasteiger partial charge in [0.25, 0.3) is 5.91 Å². The van der Waals surface area contributed by atoms with Gasteiger partial charge in [0, 0.05) is 19.2 Å². The van der Waals surface area contributed by atoms with Crippen molar-refractivity contribution < 1.29 is 22.7 Å². The number of ether oxygens (including phenoxy) is 1. The van der Waals surface area contributed by atoms with Crippen molar-refractivity contribution >= 4 is 43.5 Å². The molecule has 198 valence electrons. The van der Waals surface area contributed by atoms with E-state index in [1.54, 1.807) is 11.5 Å². The fourth-order valence-corrected chi connectivity index (χ4v) is 6.35. The average molecular weight is 552 g/mol. The van der Waals surface area contributed by atoms with Gasteiger partial charge in [0.1, 0.15) is 6.54 Å². The van der Waals surface area contributed by atoms with E-state index in [0.29, 0.717) is 4.80 Å². The number of thiazole rings is 1. The number of esters is 1. The predicted octanol–water partition coefficient (Wildman–Crippen LogP) is 4.44. The van der Waals surface area contributed by atoms with E-state index in [4.69, 9.17) is 4.74 Å². The number of benzene rings is 3. The molecule has 0 N–H and O–H groups in total. The average Bonchev–Trinajstić information content (AvgIpc) is 3.21. The van der Waals surface area contributed by atoms with Crippen LogP contribution in [-0.4, -0.2) is 42.8 Å². The number of nitrogens with zero attached hydrogens (tertiary/aromatic N) is 3. The molecule has 1 amide bonds. The number of hydrogen-bond acceptors (Lipinski definition) is 6. The topological polar surface area (TPSA) is 98.0 Å². The maximum atomic E-state index is 13.1. The lowest BCUT2D eigenvalue weighted by Gasteiger charge is -2.17. The van der Waals surface area contributed by atoms with Crippen molar-refractivity contribution in [3.8, 4) is 0 Å². The molecule has 0 radical (unpaired) electrons. The number of aromatic nitrogens is 1. The molecule has 0 fully saturated rings. The summed E-state index contributed by atoms with van der Waals surface area (Å²) in [5.74, 6) is -0.959. The molecule has 4 rings (SSSR count). The highest BCUT2D eigenvalue weighted by atomic mass is 32.2. The number of carbonyl (C=O) groups is 2. The second-order valence-corrected chi connectivity index (χ2v) is 11.9. The molecule has 0 saturated heterocycles. The monoisotopic (exact) mass is 551 g/mol. The van der Waals surface area contributed by atoms with Crippen molar-refractivity contribution in [3.63, 3.8) is 0 Å². The fraction of sp³-hybridized carbons (Fsp3) is 0.250. The van der Waals surface area contributed by atoms with Gasteiger partial charge in [0.05, 0.1) is 21.7 Å². The molecule has 1 heterocycles. The number of aryl methyl sites for hydroxylation is 2. The van der Waals surface area contributed by atoms with Crippen molar-refractivity contribution in [1.82, 2.24) is 8.87 Å². The first-order valence-corrected chi connectivity index (χ1v) is 14.3. The summed E-state index contributed by atoms with van der Waals surface area (Å²) in [7, 11) is -2.23. The minimum absolute atomic E-state index is 0.0756. The molecule has 38 heavy (non-hydrogen) atoms. The quantitative estimate of drug-likeness (QED) is 0.302. The zero-order valence-corrected chi connectivity index (χ0v) is 23.3. The Morgan fingerprint density at radius 2 is 1.71 bits per heavy atom. The Morgan fingerprint density at radius 3 is 2.37 bits per heavy atom. The van der Waals surface area contributed by atoms with Gasteiger partial charge in [-0.05, 0) is 67.8 Å². The molecular formula is C28H29N3O5S2. The van der Waals surface area contributed by atoms with Gasteiger partial charge < -0.3 is 9.30 Å². The van der Waals surface area contributed by atoms with E-state index in [9.17, 15) is 18.0 Å². The van der Waals surface area contributed by atoms with Gasteiger partial charge in [-0.3, -0.25) is 9.59 Å². The lowest BCUT2D eigenvalue weighted by atomic mass is 10.1. The molecule has 10 heteroatoms.